The van der Waals surface area contributed by atoms with Crippen molar-refractivity contribution < 1.29 is 9.53 Å². The van der Waals surface area contributed by atoms with Crippen LogP contribution in [0.2, 0.25) is 19.1 Å². The van der Waals surface area contributed by atoms with E-state index in [2.05, 4.69) is 36.9 Å². The molecule has 2 rings (SSSR count). The van der Waals surface area contributed by atoms with E-state index in [0.29, 0.717) is 11.9 Å². The summed E-state index contributed by atoms with van der Waals surface area (Å²) in [5.41, 5.74) is 2.10. The third-order valence-corrected chi connectivity index (χ3v) is 7.66. The molecular weight excluding hydrogens is 364 g/mol. The first-order valence-electron chi connectivity index (χ1n) is 10.7. The van der Waals surface area contributed by atoms with Gasteiger partial charge in [0.05, 0.1) is 0 Å². The molecule has 0 radical (unpaired) electrons. The lowest BCUT2D eigenvalue weighted by atomic mass is 10.1. The minimum Gasteiger partial charge on any atom is -0.508 e. The normalized spacial score (nSPS) is 12.9. The van der Waals surface area contributed by atoms with Gasteiger partial charge in [0.15, 0.2) is 14.1 Å². The second-order valence-corrected chi connectivity index (χ2v) is 12.6. The number of benzene rings is 1. The molecule has 0 amide bonds. The number of rotatable bonds is 12. The number of aromatic nitrogens is 2. The number of hydrogen-bond acceptors (Lipinski definition) is 4. The van der Waals surface area contributed by atoms with E-state index in [0.717, 1.165) is 24.8 Å². The molecule has 1 aromatic carbocycles. The van der Waals surface area contributed by atoms with Crippen molar-refractivity contribution in [2.45, 2.75) is 84.0 Å². The molecule has 0 aliphatic heterocycles. The first-order valence-corrected chi connectivity index (χ1v) is 13.8. The van der Waals surface area contributed by atoms with Crippen LogP contribution in [0, 0.1) is 0 Å². The van der Waals surface area contributed by atoms with Gasteiger partial charge in [-0.3, -0.25) is 0 Å². The average molecular weight is 401 g/mol. The van der Waals surface area contributed by atoms with Crippen molar-refractivity contribution in [1.29, 1.82) is 0 Å². The summed E-state index contributed by atoms with van der Waals surface area (Å²) in [5.74, 6) is 0.955. The van der Waals surface area contributed by atoms with Gasteiger partial charge in [-0.25, -0.2) is 9.97 Å². The molecule has 1 N–H and O–H groups in total. The van der Waals surface area contributed by atoms with Gasteiger partial charge in [0, 0.05) is 24.1 Å². The van der Waals surface area contributed by atoms with Gasteiger partial charge in [-0.1, -0.05) is 32.6 Å². The van der Waals surface area contributed by atoms with Crippen molar-refractivity contribution in [3.05, 3.63) is 42.2 Å². The summed E-state index contributed by atoms with van der Waals surface area (Å²) in [7, 11) is -1.48. The summed E-state index contributed by atoms with van der Waals surface area (Å²) < 4.78 is 6.37. The second kappa shape index (κ2) is 11.3. The van der Waals surface area contributed by atoms with Gasteiger partial charge in [0.1, 0.15) is 5.75 Å². The first-order chi connectivity index (χ1) is 13.4. The standard InChI is InChI=1S/C23H36N2O2Si/c1-5-6-16-28(3,4)27-19(2)10-8-7-9-11-20-17-24-23(25-18-20)21-12-14-22(26)15-13-21/h12-15,17-19,26H,5-11,16H2,1-4H3. The maximum Gasteiger partial charge on any atom is 0.187 e. The fourth-order valence-electron chi connectivity index (χ4n) is 3.45. The predicted octanol–water partition coefficient (Wildman–Crippen LogP) is 6.36. The van der Waals surface area contributed by atoms with Crippen LogP contribution in [0.3, 0.4) is 0 Å². The molecule has 0 bridgehead atoms. The van der Waals surface area contributed by atoms with Gasteiger partial charge in [0.25, 0.3) is 0 Å². The summed E-state index contributed by atoms with van der Waals surface area (Å²) in [5, 5.41) is 9.37. The number of phenols is 1. The lowest BCUT2D eigenvalue weighted by Gasteiger charge is -2.27. The van der Waals surface area contributed by atoms with E-state index in [1.54, 1.807) is 12.1 Å². The Kier molecular flexibility index (Phi) is 9.12. The second-order valence-electron chi connectivity index (χ2n) is 8.35. The third kappa shape index (κ3) is 8.11. The smallest absolute Gasteiger partial charge is 0.187 e. The third-order valence-electron chi connectivity index (χ3n) is 5.06. The Bertz CT molecular complexity index is 687. The molecule has 0 fully saturated rings. The molecule has 5 heteroatoms. The van der Waals surface area contributed by atoms with Gasteiger partial charge in [-0.15, -0.1) is 0 Å². The van der Waals surface area contributed by atoms with Crippen LogP contribution in [-0.2, 0) is 10.8 Å². The molecule has 1 atom stereocenters. The van der Waals surface area contributed by atoms with E-state index in [-0.39, 0.29) is 5.75 Å². The van der Waals surface area contributed by atoms with E-state index in [4.69, 9.17) is 4.43 Å². The number of unbranched alkanes of at least 4 members (excludes halogenated alkanes) is 3. The molecular formula is C23H36N2O2Si. The molecule has 0 aliphatic rings. The summed E-state index contributed by atoms with van der Waals surface area (Å²) in [6.45, 7) is 9.18. The van der Waals surface area contributed by atoms with Crippen LogP contribution in [0.1, 0.15) is 57.9 Å². The molecule has 0 spiro atoms. The van der Waals surface area contributed by atoms with Crippen molar-refractivity contribution in [1.82, 2.24) is 9.97 Å². The zero-order valence-corrected chi connectivity index (χ0v) is 18.9. The molecule has 4 nitrogen and oxygen atoms in total. The van der Waals surface area contributed by atoms with Gasteiger partial charge in [0.2, 0.25) is 0 Å². The zero-order chi connectivity index (χ0) is 20.4. The Labute approximate surface area is 171 Å². The van der Waals surface area contributed by atoms with Gasteiger partial charge in [-0.05, 0) is 75.2 Å². The average Bonchev–Trinajstić information content (AvgIpc) is 2.67. The van der Waals surface area contributed by atoms with Crippen LogP contribution in [0.15, 0.2) is 36.7 Å². The summed E-state index contributed by atoms with van der Waals surface area (Å²) in [6, 6.07) is 8.25. The van der Waals surface area contributed by atoms with E-state index >= 15 is 0 Å². The monoisotopic (exact) mass is 400 g/mol. The highest BCUT2D eigenvalue weighted by molar-refractivity contribution is 6.71. The van der Waals surface area contributed by atoms with E-state index in [9.17, 15) is 5.11 Å². The number of hydrogen-bond donors (Lipinski definition) is 1. The van der Waals surface area contributed by atoms with Crippen molar-refractivity contribution in [2.24, 2.45) is 0 Å². The molecule has 154 valence electrons. The topological polar surface area (TPSA) is 55.2 Å². The molecule has 28 heavy (non-hydrogen) atoms. The Morgan fingerprint density at radius 1 is 1.00 bits per heavy atom. The number of aromatic hydroxyl groups is 1. The van der Waals surface area contributed by atoms with Gasteiger partial charge < -0.3 is 9.53 Å². The molecule has 1 heterocycles. The van der Waals surface area contributed by atoms with E-state index in [1.165, 1.54) is 37.3 Å². The van der Waals surface area contributed by atoms with Crippen LogP contribution in [-0.4, -0.2) is 29.5 Å². The van der Waals surface area contributed by atoms with Gasteiger partial charge in [-0.2, -0.15) is 0 Å². The fourth-order valence-corrected chi connectivity index (χ4v) is 5.98. The lowest BCUT2D eigenvalue weighted by molar-refractivity contribution is 0.195. The minimum atomic E-state index is -1.48. The Morgan fingerprint density at radius 2 is 1.68 bits per heavy atom. The number of aryl methyl sites for hydroxylation is 1. The maximum atomic E-state index is 9.37. The maximum absolute atomic E-state index is 9.37. The molecule has 1 aromatic heterocycles. The Hall–Kier alpha value is -1.72. The largest absolute Gasteiger partial charge is 0.508 e. The number of nitrogens with zero attached hydrogens (tertiary/aromatic N) is 2. The van der Waals surface area contributed by atoms with Gasteiger partial charge >= 0.3 is 0 Å². The van der Waals surface area contributed by atoms with Crippen molar-refractivity contribution >= 4 is 8.32 Å². The quantitative estimate of drug-likeness (QED) is 0.332. The minimum absolute atomic E-state index is 0.256. The highest BCUT2D eigenvalue weighted by Gasteiger charge is 2.23. The summed E-state index contributed by atoms with van der Waals surface area (Å²) >= 11 is 0. The molecule has 1 unspecified atom stereocenters. The van der Waals surface area contributed by atoms with E-state index < -0.39 is 8.32 Å². The Balaban J connectivity index is 1.66. The van der Waals surface area contributed by atoms with E-state index in [1.807, 2.05) is 24.5 Å². The van der Waals surface area contributed by atoms with Crippen LogP contribution >= 0.6 is 0 Å². The first kappa shape index (κ1) is 22.6. The van der Waals surface area contributed by atoms with Crippen molar-refractivity contribution in [3.8, 4) is 17.1 Å². The highest BCUT2D eigenvalue weighted by atomic mass is 28.4. The predicted molar refractivity (Wildman–Crippen MR) is 119 cm³/mol. The molecule has 0 aliphatic carbocycles. The lowest BCUT2D eigenvalue weighted by Crippen LogP contribution is -2.34. The van der Waals surface area contributed by atoms with Crippen LogP contribution in [0.5, 0.6) is 5.75 Å². The SMILES string of the molecule is CCCC[Si](C)(C)OC(C)CCCCCc1cnc(-c2ccc(O)cc2)nc1. The molecule has 0 saturated carbocycles. The number of phenolic OH excluding ortho intramolecular Hbond substituents is 1. The highest BCUT2D eigenvalue weighted by Crippen LogP contribution is 2.20. The zero-order valence-electron chi connectivity index (χ0n) is 17.9. The van der Waals surface area contributed by atoms with Crippen LogP contribution in [0.4, 0.5) is 0 Å². The molecule has 0 saturated heterocycles. The van der Waals surface area contributed by atoms with Crippen LogP contribution < -0.4 is 0 Å². The fraction of sp³-hybridized carbons (Fsp3) is 0.565. The van der Waals surface area contributed by atoms with Crippen LogP contribution in [0.25, 0.3) is 11.4 Å². The summed E-state index contributed by atoms with van der Waals surface area (Å²) in [6.07, 6.45) is 12.5. The van der Waals surface area contributed by atoms with Crippen molar-refractivity contribution in [2.75, 3.05) is 0 Å². The molecule has 2 aromatic rings. The summed E-state index contributed by atoms with van der Waals surface area (Å²) in [4.78, 5) is 8.92. The van der Waals surface area contributed by atoms with Crippen molar-refractivity contribution in [3.63, 3.8) is 0 Å². The Morgan fingerprint density at radius 3 is 2.32 bits per heavy atom.